The van der Waals surface area contributed by atoms with Crippen LogP contribution in [0.4, 0.5) is 5.82 Å². The molecule has 2 unspecified atom stereocenters. The Morgan fingerprint density at radius 1 is 0.972 bits per heavy atom. The number of rotatable bonds is 9. The molecule has 3 heterocycles. The predicted molar refractivity (Wildman–Crippen MR) is 110 cm³/mol. The summed E-state index contributed by atoms with van der Waals surface area (Å²) in [5.74, 6) is -0.123. The number of aromatic nitrogens is 2. The van der Waals surface area contributed by atoms with E-state index in [1.165, 1.54) is 6.07 Å². The van der Waals surface area contributed by atoms with E-state index < -0.39 is 89.8 Å². The summed E-state index contributed by atoms with van der Waals surface area (Å²) >= 11 is 0. The highest BCUT2D eigenvalue weighted by Gasteiger charge is 2.49. The van der Waals surface area contributed by atoms with Gasteiger partial charge in [0, 0.05) is 6.20 Å². The summed E-state index contributed by atoms with van der Waals surface area (Å²) in [4.78, 5) is 35.0. The van der Waals surface area contributed by atoms with Gasteiger partial charge < -0.3 is 55.6 Å². The number of ether oxygens (including phenoxy) is 2. The van der Waals surface area contributed by atoms with Crippen molar-refractivity contribution in [1.29, 1.82) is 0 Å². The summed E-state index contributed by atoms with van der Waals surface area (Å²) in [6.07, 6.45) is -15.0. The maximum atomic E-state index is 12.2. The Labute approximate surface area is 201 Å². The third-order valence-corrected chi connectivity index (χ3v) is 7.76. The topological polar surface area (TPSA) is 303 Å². The Bertz CT molecular complexity index is 1070. The van der Waals surface area contributed by atoms with Gasteiger partial charge in [0.15, 0.2) is 12.5 Å². The normalized spacial score (nSPS) is 38.4. The number of aliphatic hydroxyl groups is 6. The summed E-state index contributed by atoms with van der Waals surface area (Å²) in [5.41, 5.74) is 4.44. The van der Waals surface area contributed by atoms with E-state index in [2.05, 4.69) is 18.3 Å². The van der Waals surface area contributed by atoms with E-state index in [0.29, 0.717) is 0 Å². The second-order valence-corrected chi connectivity index (χ2v) is 10.7. The molecule has 2 aliphatic heterocycles. The molecule has 1 aromatic rings. The molecule has 36 heavy (non-hydrogen) atoms. The van der Waals surface area contributed by atoms with Crippen molar-refractivity contribution in [2.45, 2.75) is 55.2 Å². The molecule has 19 nitrogen and oxygen atoms in total. The van der Waals surface area contributed by atoms with Crippen LogP contribution in [0.15, 0.2) is 17.1 Å². The number of hydrogen-bond donors (Lipinski definition) is 9. The lowest BCUT2D eigenvalue weighted by Crippen LogP contribution is -2.58. The fraction of sp³-hybridized carbons (Fsp3) is 0.733. The van der Waals surface area contributed by atoms with Gasteiger partial charge in [0.25, 0.3) is 0 Å². The number of nitrogens with two attached hydrogens (primary N) is 1. The zero-order chi connectivity index (χ0) is 27.0. The van der Waals surface area contributed by atoms with Crippen molar-refractivity contribution < 1.29 is 72.4 Å². The highest BCUT2D eigenvalue weighted by molar-refractivity contribution is 7.61. The first-order chi connectivity index (χ1) is 16.7. The minimum Gasteiger partial charge on any atom is -0.394 e. The Morgan fingerprint density at radius 2 is 1.61 bits per heavy atom. The van der Waals surface area contributed by atoms with Crippen molar-refractivity contribution in [3.8, 4) is 0 Å². The summed E-state index contributed by atoms with van der Waals surface area (Å²) < 4.78 is 48.3. The quantitative estimate of drug-likeness (QED) is 0.127. The van der Waals surface area contributed by atoms with Crippen LogP contribution in [0.1, 0.15) is 6.23 Å². The van der Waals surface area contributed by atoms with Crippen molar-refractivity contribution in [3.63, 3.8) is 0 Å². The van der Waals surface area contributed by atoms with Crippen LogP contribution in [0.5, 0.6) is 0 Å². The third-order valence-electron chi connectivity index (χ3n) is 5.16. The fourth-order valence-electron chi connectivity index (χ4n) is 3.34. The Balaban J connectivity index is 1.61. The van der Waals surface area contributed by atoms with Crippen LogP contribution < -0.4 is 11.4 Å². The maximum absolute atomic E-state index is 12.2. The molecule has 0 spiro atoms. The Hall–Kier alpha value is -1.38. The fourth-order valence-corrected chi connectivity index (χ4v) is 5.50. The van der Waals surface area contributed by atoms with Gasteiger partial charge in [-0.2, -0.15) is 9.29 Å². The standard InChI is InChI=1S/C15H25N3O16P2/c16-7-1-2-18(15(25)17-7)13-11(23)9(21)6(31-13)4-30-35(26,27)34-36(28,29)33-14-12(24)10(22)8(20)5(3-19)32-14/h1-2,5-6,8-14,19-24H,3-4H2,(H,26,27)(H,28,29)(H2,16,17,25)/t5-,6-,8-,9-,10+,11-,12-,13-,14+/m1/s1. The SMILES string of the molecule is Nc1ccn([C@@H]2O[C@H](COP(=O)(O)OP(=O)(O)O[C@@H]3O[C@H](CO)[C@@H](O)[C@H](O)[C@H]3O)[C@@H](O)[C@H]2O)c(=O)n1. The molecule has 10 N–H and O–H groups in total. The third kappa shape index (κ3) is 6.54. The molecular formula is C15H25N3O16P2. The van der Waals surface area contributed by atoms with E-state index in [4.69, 9.17) is 20.3 Å². The van der Waals surface area contributed by atoms with Gasteiger partial charge in [-0.05, 0) is 6.07 Å². The van der Waals surface area contributed by atoms with Crippen molar-refractivity contribution >= 4 is 21.5 Å². The second kappa shape index (κ2) is 11.2. The zero-order valence-corrected chi connectivity index (χ0v) is 19.8. The van der Waals surface area contributed by atoms with Crippen molar-refractivity contribution in [2.75, 3.05) is 18.9 Å². The van der Waals surface area contributed by atoms with E-state index in [0.717, 1.165) is 10.8 Å². The van der Waals surface area contributed by atoms with Crippen molar-refractivity contribution in [1.82, 2.24) is 9.55 Å². The first kappa shape index (κ1) is 29.2. The average Bonchev–Trinajstić information content (AvgIpc) is 3.06. The molecular weight excluding hydrogens is 540 g/mol. The molecule has 11 atom stereocenters. The van der Waals surface area contributed by atoms with E-state index in [-0.39, 0.29) is 5.82 Å². The van der Waals surface area contributed by atoms with Crippen LogP contribution in [0.25, 0.3) is 0 Å². The van der Waals surface area contributed by atoms with Crippen LogP contribution in [0.3, 0.4) is 0 Å². The predicted octanol–water partition coefficient (Wildman–Crippen LogP) is -4.50. The molecule has 1 aromatic heterocycles. The van der Waals surface area contributed by atoms with Gasteiger partial charge >= 0.3 is 21.3 Å². The minimum absolute atomic E-state index is 0.123. The molecule has 2 fully saturated rings. The van der Waals surface area contributed by atoms with Gasteiger partial charge in [0.2, 0.25) is 0 Å². The van der Waals surface area contributed by atoms with E-state index in [1.807, 2.05) is 0 Å². The molecule has 0 amide bonds. The molecule has 2 saturated heterocycles. The van der Waals surface area contributed by atoms with Crippen LogP contribution in [0, 0.1) is 0 Å². The number of nitrogen functional groups attached to an aromatic ring is 1. The van der Waals surface area contributed by atoms with Crippen LogP contribution in [-0.4, -0.2) is 112 Å². The van der Waals surface area contributed by atoms with Gasteiger partial charge in [0.1, 0.15) is 48.5 Å². The Morgan fingerprint density at radius 3 is 2.22 bits per heavy atom. The average molecular weight is 565 g/mol. The summed E-state index contributed by atoms with van der Waals surface area (Å²) in [7, 11) is -11.0. The lowest BCUT2D eigenvalue weighted by atomic mass is 10.00. The highest BCUT2D eigenvalue weighted by Crippen LogP contribution is 2.61. The Kier molecular flexibility index (Phi) is 9.05. The molecule has 2 aliphatic rings. The molecule has 0 radical (unpaired) electrons. The van der Waals surface area contributed by atoms with Crippen LogP contribution in [0.2, 0.25) is 0 Å². The number of nitrogens with zero attached hydrogens (tertiary/aromatic N) is 2. The molecule has 3 rings (SSSR count). The second-order valence-electron chi connectivity index (χ2n) is 7.71. The molecule has 21 heteroatoms. The van der Waals surface area contributed by atoms with E-state index >= 15 is 0 Å². The van der Waals surface area contributed by atoms with Gasteiger partial charge in [-0.15, -0.1) is 0 Å². The first-order valence-corrected chi connectivity index (χ1v) is 13.0. The van der Waals surface area contributed by atoms with Gasteiger partial charge in [0.05, 0.1) is 13.2 Å². The summed E-state index contributed by atoms with van der Waals surface area (Å²) in [6.45, 7) is -1.89. The molecule has 0 saturated carbocycles. The smallest absolute Gasteiger partial charge is 0.394 e. The van der Waals surface area contributed by atoms with Crippen LogP contribution in [-0.2, 0) is 32.0 Å². The van der Waals surface area contributed by atoms with Gasteiger partial charge in [-0.25, -0.2) is 13.9 Å². The number of anilines is 1. The molecule has 0 bridgehead atoms. The number of aliphatic hydroxyl groups excluding tert-OH is 6. The van der Waals surface area contributed by atoms with E-state index in [9.17, 15) is 49.2 Å². The molecule has 0 aliphatic carbocycles. The number of phosphoric acid groups is 2. The molecule has 206 valence electrons. The summed E-state index contributed by atoms with van der Waals surface area (Å²) in [5, 5.41) is 58.7. The summed E-state index contributed by atoms with van der Waals surface area (Å²) in [6, 6.07) is 1.21. The number of hydrogen-bond acceptors (Lipinski definition) is 16. The van der Waals surface area contributed by atoms with Crippen molar-refractivity contribution in [3.05, 3.63) is 22.7 Å². The van der Waals surface area contributed by atoms with E-state index in [1.54, 1.807) is 0 Å². The van der Waals surface area contributed by atoms with Gasteiger partial charge in [-0.1, -0.05) is 0 Å². The maximum Gasteiger partial charge on any atom is 0.483 e. The zero-order valence-electron chi connectivity index (χ0n) is 18.0. The van der Waals surface area contributed by atoms with Crippen LogP contribution >= 0.6 is 15.6 Å². The number of phosphoric ester groups is 2. The minimum atomic E-state index is -5.58. The largest absolute Gasteiger partial charge is 0.483 e. The lowest BCUT2D eigenvalue weighted by molar-refractivity contribution is -0.280. The highest BCUT2D eigenvalue weighted by atomic mass is 31.3. The monoisotopic (exact) mass is 565 g/mol. The van der Waals surface area contributed by atoms with Crippen molar-refractivity contribution in [2.24, 2.45) is 0 Å². The first-order valence-electron chi connectivity index (χ1n) is 10.0. The lowest BCUT2D eigenvalue weighted by Gasteiger charge is -2.39. The molecule has 0 aromatic carbocycles. The van der Waals surface area contributed by atoms with Gasteiger partial charge in [-0.3, -0.25) is 13.6 Å².